The molecule has 0 unspecified atom stereocenters. The minimum absolute atomic E-state index is 0.0202. The van der Waals surface area contributed by atoms with Crippen molar-refractivity contribution in [3.05, 3.63) is 0 Å². The Balaban J connectivity index is 3.55. The number of aliphatic carboxylic acids is 1. The molecule has 0 fully saturated rings. The lowest BCUT2D eigenvalue weighted by Gasteiger charge is -2.04. The number of unbranched alkanes of at least 4 members (excludes halogenated alkanes) is 5. The highest BCUT2D eigenvalue weighted by Gasteiger charge is 2.10. The maximum Gasteiger partial charge on any atom is 0.318 e. The number of carboxylic acids is 1. The second-order valence-electron chi connectivity index (χ2n) is 3.80. The minimum Gasteiger partial charge on any atom is -0.480 e. The van der Waals surface area contributed by atoms with Crippen LogP contribution >= 0.6 is 0 Å². The maximum atomic E-state index is 11.2. The zero-order valence-electron chi connectivity index (χ0n) is 9.74. The van der Waals surface area contributed by atoms with E-state index in [-0.39, 0.29) is 5.75 Å². The predicted octanol–water partition coefficient (Wildman–Crippen LogP) is 1.35. The van der Waals surface area contributed by atoms with Crippen LogP contribution in [0.4, 0.5) is 0 Å². The number of carbonyl (C=O) groups is 1. The Bertz CT molecular complexity index is 287. The van der Waals surface area contributed by atoms with E-state index in [4.69, 9.17) is 5.11 Å². The first-order valence-corrected chi connectivity index (χ1v) is 7.32. The number of rotatable bonds is 10. The lowest BCUT2D eigenvalue weighted by atomic mass is 10.1. The Morgan fingerprint density at radius 1 is 1.12 bits per heavy atom. The number of sulfonamides is 1. The molecule has 16 heavy (non-hydrogen) atoms. The van der Waals surface area contributed by atoms with Gasteiger partial charge in [0.15, 0.2) is 0 Å². The molecule has 0 radical (unpaired) electrons. The molecule has 0 saturated carbocycles. The van der Waals surface area contributed by atoms with Gasteiger partial charge in [0.05, 0.1) is 5.75 Å². The number of nitrogens with one attached hydrogen (secondary N) is 1. The second kappa shape index (κ2) is 8.52. The summed E-state index contributed by atoms with van der Waals surface area (Å²) in [5.41, 5.74) is 0. The summed E-state index contributed by atoms with van der Waals surface area (Å²) < 4.78 is 24.5. The first kappa shape index (κ1) is 15.4. The fraction of sp³-hybridized carbons (Fsp3) is 0.900. The van der Waals surface area contributed by atoms with Gasteiger partial charge in [-0.3, -0.25) is 4.79 Å². The van der Waals surface area contributed by atoms with Crippen LogP contribution in [0.3, 0.4) is 0 Å². The number of hydrogen-bond acceptors (Lipinski definition) is 3. The molecule has 0 aliphatic heterocycles. The van der Waals surface area contributed by atoms with Crippen LogP contribution in [0.1, 0.15) is 45.4 Å². The zero-order valence-corrected chi connectivity index (χ0v) is 10.6. The molecule has 0 spiro atoms. The highest BCUT2D eigenvalue weighted by atomic mass is 32.2. The molecule has 0 aliphatic rings. The van der Waals surface area contributed by atoms with Crippen molar-refractivity contribution in [1.29, 1.82) is 0 Å². The van der Waals surface area contributed by atoms with Gasteiger partial charge in [0, 0.05) is 0 Å². The minimum atomic E-state index is -3.40. The third kappa shape index (κ3) is 9.92. The van der Waals surface area contributed by atoms with E-state index >= 15 is 0 Å². The van der Waals surface area contributed by atoms with Gasteiger partial charge in [-0.1, -0.05) is 39.0 Å². The van der Waals surface area contributed by atoms with Crippen molar-refractivity contribution in [2.45, 2.75) is 45.4 Å². The molecule has 0 rings (SSSR count). The van der Waals surface area contributed by atoms with Crippen molar-refractivity contribution in [3.8, 4) is 0 Å². The quantitative estimate of drug-likeness (QED) is 0.574. The normalized spacial score (nSPS) is 11.6. The van der Waals surface area contributed by atoms with Crippen molar-refractivity contribution in [3.63, 3.8) is 0 Å². The zero-order chi connectivity index (χ0) is 12.4. The van der Waals surface area contributed by atoms with Gasteiger partial charge in [-0.25, -0.2) is 13.1 Å². The van der Waals surface area contributed by atoms with Crippen molar-refractivity contribution >= 4 is 16.0 Å². The topological polar surface area (TPSA) is 83.5 Å². The molecule has 2 N–H and O–H groups in total. The van der Waals surface area contributed by atoms with Crippen LogP contribution in [0.5, 0.6) is 0 Å². The summed E-state index contributed by atoms with van der Waals surface area (Å²) in [7, 11) is -3.40. The molecule has 0 saturated heterocycles. The fourth-order valence-corrected chi connectivity index (χ4v) is 2.39. The molecule has 0 aromatic rings. The highest BCUT2D eigenvalue weighted by molar-refractivity contribution is 7.89. The Hall–Kier alpha value is -0.620. The Morgan fingerprint density at radius 2 is 1.69 bits per heavy atom. The maximum absolute atomic E-state index is 11.2. The summed E-state index contributed by atoms with van der Waals surface area (Å²) in [4.78, 5) is 10.2. The molecule has 0 aliphatic carbocycles. The third-order valence-corrected chi connectivity index (χ3v) is 3.62. The molecule has 5 nitrogen and oxygen atoms in total. The molecule has 96 valence electrons. The van der Waals surface area contributed by atoms with Crippen LogP contribution in [0.2, 0.25) is 0 Å². The van der Waals surface area contributed by atoms with Crippen LogP contribution in [-0.4, -0.2) is 31.8 Å². The average molecular weight is 251 g/mol. The summed E-state index contributed by atoms with van der Waals surface area (Å²) in [5.74, 6) is -1.14. The molecular formula is C10H21NO4S. The first-order chi connectivity index (χ1) is 7.48. The Kier molecular flexibility index (Phi) is 8.19. The standard InChI is InChI=1S/C10H21NO4S/c1-2-3-4-5-6-7-8-16(14,15)11-9-10(12)13/h11H,2-9H2,1H3,(H,12,13). The third-order valence-electron chi connectivity index (χ3n) is 2.21. The van der Waals surface area contributed by atoms with Gasteiger partial charge in [0.2, 0.25) is 10.0 Å². The van der Waals surface area contributed by atoms with E-state index in [1.54, 1.807) is 0 Å². The summed E-state index contributed by atoms with van der Waals surface area (Å²) in [6.45, 7) is 1.60. The first-order valence-electron chi connectivity index (χ1n) is 5.67. The monoisotopic (exact) mass is 251 g/mol. The van der Waals surface area contributed by atoms with E-state index in [1.165, 1.54) is 12.8 Å². The Labute approximate surface area is 97.3 Å². The van der Waals surface area contributed by atoms with Gasteiger partial charge < -0.3 is 5.11 Å². The van der Waals surface area contributed by atoms with Crippen LogP contribution in [0.25, 0.3) is 0 Å². The largest absolute Gasteiger partial charge is 0.480 e. The molecule has 0 atom stereocenters. The van der Waals surface area contributed by atoms with Crippen LogP contribution in [0.15, 0.2) is 0 Å². The molecule has 6 heteroatoms. The van der Waals surface area contributed by atoms with E-state index in [1.807, 2.05) is 4.72 Å². The smallest absolute Gasteiger partial charge is 0.318 e. The van der Waals surface area contributed by atoms with Crippen molar-refractivity contribution < 1.29 is 18.3 Å². The molecule has 0 aromatic carbocycles. The van der Waals surface area contributed by atoms with E-state index in [0.29, 0.717) is 6.42 Å². The van der Waals surface area contributed by atoms with Gasteiger partial charge in [0.1, 0.15) is 6.54 Å². The number of hydrogen-bond donors (Lipinski definition) is 2. The van der Waals surface area contributed by atoms with Crippen LogP contribution < -0.4 is 4.72 Å². The lowest BCUT2D eigenvalue weighted by Crippen LogP contribution is -2.31. The van der Waals surface area contributed by atoms with E-state index in [9.17, 15) is 13.2 Å². The van der Waals surface area contributed by atoms with Gasteiger partial charge in [-0.05, 0) is 6.42 Å². The van der Waals surface area contributed by atoms with E-state index in [2.05, 4.69) is 6.92 Å². The van der Waals surface area contributed by atoms with Gasteiger partial charge in [0.25, 0.3) is 0 Å². The lowest BCUT2D eigenvalue weighted by molar-refractivity contribution is -0.135. The number of carboxylic acid groups (broad SMARTS) is 1. The predicted molar refractivity (Wildman–Crippen MR) is 62.8 cm³/mol. The van der Waals surface area contributed by atoms with Crippen LogP contribution in [0, 0.1) is 0 Å². The second-order valence-corrected chi connectivity index (χ2v) is 5.73. The van der Waals surface area contributed by atoms with E-state index < -0.39 is 22.5 Å². The highest BCUT2D eigenvalue weighted by Crippen LogP contribution is 2.05. The van der Waals surface area contributed by atoms with Gasteiger partial charge in [-0.2, -0.15) is 0 Å². The van der Waals surface area contributed by atoms with Crippen LogP contribution in [-0.2, 0) is 14.8 Å². The molecule has 0 heterocycles. The summed E-state index contributed by atoms with van der Waals surface area (Å²) in [6, 6.07) is 0. The van der Waals surface area contributed by atoms with E-state index in [0.717, 1.165) is 19.3 Å². The fourth-order valence-electron chi connectivity index (χ4n) is 1.32. The van der Waals surface area contributed by atoms with Crippen molar-refractivity contribution in [2.75, 3.05) is 12.3 Å². The van der Waals surface area contributed by atoms with Gasteiger partial charge in [-0.15, -0.1) is 0 Å². The molecular weight excluding hydrogens is 230 g/mol. The Morgan fingerprint density at radius 3 is 2.25 bits per heavy atom. The van der Waals surface area contributed by atoms with Crippen molar-refractivity contribution in [2.24, 2.45) is 0 Å². The molecule has 0 aromatic heterocycles. The summed E-state index contributed by atoms with van der Waals surface area (Å²) in [5, 5.41) is 8.32. The van der Waals surface area contributed by atoms with Crippen molar-refractivity contribution in [1.82, 2.24) is 4.72 Å². The summed E-state index contributed by atoms with van der Waals surface area (Å²) in [6.07, 6.45) is 6.01. The SMILES string of the molecule is CCCCCCCCS(=O)(=O)NCC(=O)O. The molecule has 0 bridgehead atoms. The average Bonchev–Trinajstić information content (AvgIpc) is 2.21. The van der Waals surface area contributed by atoms with Gasteiger partial charge >= 0.3 is 5.97 Å². The summed E-state index contributed by atoms with van der Waals surface area (Å²) >= 11 is 0. The molecule has 0 amide bonds.